The first-order valence-electron chi connectivity index (χ1n) is 6.76. The van der Waals surface area contributed by atoms with Crippen LogP contribution >= 0.6 is 0 Å². The van der Waals surface area contributed by atoms with Crippen molar-refractivity contribution in [3.63, 3.8) is 0 Å². The second kappa shape index (κ2) is 6.93. The molecule has 0 aliphatic rings. The van der Waals surface area contributed by atoms with Crippen molar-refractivity contribution in [1.29, 1.82) is 0 Å². The highest BCUT2D eigenvalue weighted by Gasteiger charge is 2.10. The zero-order valence-corrected chi connectivity index (χ0v) is 12.8. The molecule has 22 heavy (non-hydrogen) atoms. The number of methoxy groups -OCH3 is 2. The molecule has 2 aromatic rings. The second-order valence-electron chi connectivity index (χ2n) is 4.68. The SMILES string of the molecule is COc1ccc(CNc2cc(N)nc([C@H](C)F)n2)c(OC)c1. The first-order valence-corrected chi connectivity index (χ1v) is 6.76. The highest BCUT2D eigenvalue weighted by atomic mass is 19.1. The van der Waals surface area contributed by atoms with Gasteiger partial charge in [-0.05, 0) is 19.1 Å². The number of rotatable bonds is 6. The molecule has 0 aliphatic heterocycles. The third kappa shape index (κ3) is 3.75. The molecule has 1 heterocycles. The number of nitrogen functional groups attached to an aromatic ring is 1. The Balaban J connectivity index is 2.16. The van der Waals surface area contributed by atoms with Crippen molar-refractivity contribution >= 4 is 11.6 Å². The third-order valence-corrected chi connectivity index (χ3v) is 3.07. The summed E-state index contributed by atoms with van der Waals surface area (Å²) in [6.07, 6.45) is -1.28. The number of nitrogens with one attached hydrogen (secondary N) is 1. The van der Waals surface area contributed by atoms with E-state index < -0.39 is 6.17 Å². The predicted octanol–water partition coefficient (Wildman–Crippen LogP) is 2.72. The molecule has 0 radical (unpaired) electrons. The van der Waals surface area contributed by atoms with Gasteiger partial charge >= 0.3 is 0 Å². The Morgan fingerprint density at radius 3 is 2.64 bits per heavy atom. The molecule has 0 bridgehead atoms. The lowest BCUT2D eigenvalue weighted by molar-refractivity contribution is 0.357. The van der Waals surface area contributed by atoms with E-state index in [9.17, 15) is 4.39 Å². The van der Waals surface area contributed by atoms with Crippen molar-refractivity contribution in [3.8, 4) is 11.5 Å². The van der Waals surface area contributed by atoms with Crippen molar-refractivity contribution in [1.82, 2.24) is 9.97 Å². The van der Waals surface area contributed by atoms with Gasteiger partial charge in [-0.15, -0.1) is 0 Å². The van der Waals surface area contributed by atoms with Gasteiger partial charge in [-0.25, -0.2) is 14.4 Å². The van der Waals surface area contributed by atoms with Crippen molar-refractivity contribution < 1.29 is 13.9 Å². The van der Waals surface area contributed by atoms with Crippen molar-refractivity contribution in [2.45, 2.75) is 19.6 Å². The molecule has 7 heteroatoms. The van der Waals surface area contributed by atoms with E-state index in [1.54, 1.807) is 26.4 Å². The van der Waals surface area contributed by atoms with Crippen LogP contribution in [0, 0.1) is 0 Å². The number of nitrogens with two attached hydrogens (primary N) is 1. The minimum absolute atomic E-state index is 0.0594. The average Bonchev–Trinajstić information content (AvgIpc) is 2.52. The Bertz CT molecular complexity index is 649. The van der Waals surface area contributed by atoms with E-state index in [0.717, 1.165) is 5.56 Å². The van der Waals surface area contributed by atoms with Gasteiger partial charge in [0.1, 0.15) is 23.1 Å². The van der Waals surface area contributed by atoms with Crippen molar-refractivity contribution in [2.75, 3.05) is 25.3 Å². The lowest BCUT2D eigenvalue weighted by Gasteiger charge is -2.12. The molecule has 0 saturated carbocycles. The third-order valence-electron chi connectivity index (χ3n) is 3.07. The van der Waals surface area contributed by atoms with Crippen LogP contribution in [0.3, 0.4) is 0 Å². The lowest BCUT2D eigenvalue weighted by Crippen LogP contribution is -2.08. The summed E-state index contributed by atoms with van der Waals surface area (Å²) in [7, 11) is 3.18. The lowest BCUT2D eigenvalue weighted by atomic mass is 10.2. The maximum Gasteiger partial charge on any atom is 0.166 e. The Labute approximate surface area is 128 Å². The fourth-order valence-corrected chi connectivity index (χ4v) is 1.94. The molecular weight excluding hydrogens is 287 g/mol. The van der Waals surface area contributed by atoms with Crippen LogP contribution in [0.2, 0.25) is 0 Å². The number of nitrogens with zero attached hydrogens (tertiary/aromatic N) is 2. The average molecular weight is 306 g/mol. The van der Waals surface area contributed by atoms with Crippen molar-refractivity contribution in [2.24, 2.45) is 0 Å². The van der Waals surface area contributed by atoms with E-state index in [0.29, 0.717) is 23.9 Å². The summed E-state index contributed by atoms with van der Waals surface area (Å²) in [5, 5.41) is 3.09. The molecule has 0 fully saturated rings. The monoisotopic (exact) mass is 306 g/mol. The van der Waals surface area contributed by atoms with Gasteiger partial charge in [0.15, 0.2) is 12.0 Å². The summed E-state index contributed by atoms with van der Waals surface area (Å²) in [4.78, 5) is 7.95. The summed E-state index contributed by atoms with van der Waals surface area (Å²) in [5.41, 5.74) is 6.57. The van der Waals surface area contributed by atoms with Crippen LogP contribution in [-0.2, 0) is 6.54 Å². The maximum atomic E-state index is 13.3. The molecule has 1 aromatic heterocycles. The normalized spacial score (nSPS) is 11.8. The smallest absolute Gasteiger partial charge is 0.166 e. The fourth-order valence-electron chi connectivity index (χ4n) is 1.94. The van der Waals surface area contributed by atoms with Gasteiger partial charge < -0.3 is 20.5 Å². The van der Waals surface area contributed by atoms with E-state index in [1.165, 1.54) is 6.92 Å². The van der Waals surface area contributed by atoms with Crippen LogP contribution < -0.4 is 20.5 Å². The molecule has 0 aliphatic carbocycles. The summed E-state index contributed by atoms with van der Waals surface area (Å²) in [6, 6.07) is 7.07. The first-order chi connectivity index (χ1) is 10.5. The number of alkyl halides is 1. The zero-order valence-electron chi connectivity index (χ0n) is 12.8. The van der Waals surface area contributed by atoms with E-state index in [-0.39, 0.29) is 11.6 Å². The fraction of sp³-hybridized carbons (Fsp3) is 0.333. The molecule has 1 atom stereocenters. The first kappa shape index (κ1) is 15.8. The minimum atomic E-state index is -1.28. The minimum Gasteiger partial charge on any atom is -0.497 e. The maximum absolute atomic E-state index is 13.3. The largest absolute Gasteiger partial charge is 0.497 e. The molecule has 2 rings (SSSR count). The standard InChI is InChI=1S/C15H19FN4O2/c1-9(16)15-19-13(17)7-14(20-15)18-8-10-4-5-11(21-2)6-12(10)22-3/h4-7,9H,8H2,1-3H3,(H3,17,18,19,20)/t9-/m0/s1. The number of hydrogen-bond acceptors (Lipinski definition) is 6. The highest BCUT2D eigenvalue weighted by Crippen LogP contribution is 2.25. The Kier molecular flexibility index (Phi) is 4.98. The summed E-state index contributed by atoms with van der Waals surface area (Å²) < 4.78 is 23.8. The Hall–Kier alpha value is -2.57. The molecule has 3 N–H and O–H groups in total. The molecule has 0 unspecified atom stereocenters. The van der Waals surface area contributed by atoms with E-state index >= 15 is 0 Å². The quantitative estimate of drug-likeness (QED) is 0.854. The van der Waals surface area contributed by atoms with E-state index in [1.807, 2.05) is 12.1 Å². The highest BCUT2D eigenvalue weighted by molar-refractivity contribution is 5.47. The number of anilines is 2. The zero-order chi connectivity index (χ0) is 16.1. The number of aromatic nitrogens is 2. The van der Waals surface area contributed by atoms with Gasteiger partial charge in [0, 0.05) is 24.2 Å². The van der Waals surface area contributed by atoms with Crippen LogP contribution in [0.4, 0.5) is 16.0 Å². The Morgan fingerprint density at radius 1 is 1.23 bits per heavy atom. The van der Waals surface area contributed by atoms with Crippen molar-refractivity contribution in [3.05, 3.63) is 35.7 Å². The summed E-state index contributed by atoms with van der Waals surface area (Å²) >= 11 is 0. The number of ether oxygens (including phenoxy) is 2. The van der Waals surface area contributed by atoms with E-state index in [2.05, 4.69) is 15.3 Å². The molecular formula is C15H19FN4O2. The number of hydrogen-bond donors (Lipinski definition) is 2. The second-order valence-corrected chi connectivity index (χ2v) is 4.68. The van der Waals surface area contributed by atoms with Crippen LogP contribution in [0.25, 0.3) is 0 Å². The molecule has 118 valence electrons. The van der Waals surface area contributed by atoms with Gasteiger partial charge in [0.05, 0.1) is 14.2 Å². The predicted molar refractivity (Wildman–Crippen MR) is 82.8 cm³/mol. The van der Waals surface area contributed by atoms with Gasteiger partial charge in [-0.2, -0.15) is 0 Å². The molecule has 0 spiro atoms. The molecule has 0 amide bonds. The summed E-state index contributed by atoms with van der Waals surface area (Å²) in [6.45, 7) is 1.81. The van der Waals surface area contributed by atoms with Crippen LogP contribution in [-0.4, -0.2) is 24.2 Å². The van der Waals surface area contributed by atoms with Gasteiger partial charge in [0.2, 0.25) is 0 Å². The van der Waals surface area contributed by atoms with Crippen LogP contribution in [0.15, 0.2) is 24.3 Å². The van der Waals surface area contributed by atoms with Crippen LogP contribution in [0.5, 0.6) is 11.5 Å². The Morgan fingerprint density at radius 2 is 2.00 bits per heavy atom. The van der Waals surface area contributed by atoms with Gasteiger partial charge in [0.25, 0.3) is 0 Å². The number of benzene rings is 1. The topological polar surface area (TPSA) is 82.3 Å². The molecule has 0 saturated heterocycles. The van der Waals surface area contributed by atoms with Gasteiger partial charge in [-0.1, -0.05) is 0 Å². The number of halogens is 1. The van der Waals surface area contributed by atoms with Crippen LogP contribution in [0.1, 0.15) is 24.5 Å². The molecule has 1 aromatic carbocycles. The van der Waals surface area contributed by atoms with Gasteiger partial charge in [-0.3, -0.25) is 0 Å². The van der Waals surface area contributed by atoms with E-state index in [4.69, 9.17) is 15.2 Å². The molecule has 6 nitrogen and oxygen atoms in total. The summed E-state index contributed by atoms with van der Waals surface area (Å²) in [5.74, 6) is 2.14.